The highest BCUT2D eigenvalue weighted by Gasteiger charge is 2.04. The Morgan fingerprint density at radius 1 is 1.00 bits per heavy atom. The van der Waals surface area contributed by atoms with E-state index in [1.54, 1.807) is 5.57 Å². The van der Waals surface area contributed by atoms with E-state index in [2.05, 4.69) is 37.0 Å². The third-order valence-electron chi connectivity index (χ3n) is 3.22. The molecule has 2 aliphatic carbocycles. The van der Waals surface area contributed by atoms with Crippen molar-refractivity contribution in [3.8, 4) is 0 Å². The Morgan fingerprint density at radius 2 is 1.75 bits per heavy atom. The summed E-state index contributed by atoms with van der Waals surface area (Å²) in [7, 11) is 0. The number of rotatable bonds is 1. The van der Waals surface area contributed by atoms with Crippen LogP contribution in [0.4, 0.5) is 0 Å². The standard InChI is InChI=1S/C16H20/c1-14-7-6-10-16(12-11-14)13-15-8-4-2-3-5-9-15/h7,10-13H,2-5,8-9H2,1H3. The molecule has 2 aliphatic rings. The summed E-state index contributed by atoms with van der Waals surface area (Å²) in [5, 5.41) is 0. The normalized spacial score (nSPS) is 20.9. The van der Waals surface area contributed by atoms with E-state index in [1.807, 2.05) is 6.08 Å². The summed E-state index contributed by atoms with van der Waals surface area (Å²) in [5.74, 6) is 0. The summed E-state index contributed by atoms with van der Waals surface area (Å²) in [4.78, 5) is 0. The Bertz CT molecular complexity index is 386. The predicted molar refractivity (Wildman–Crippen MR) is 70.3 cm³/mol. The van der Waals surface area contributed by atoms with Gasteiger partial charge in [0.15, 0.2) is 0 Å². The lowest BCUT2D eigenvalue weighted by molar-refractivity contribution is 0.702. The maximum absolute atomic E-state index is 3.22. The molecule has 0 N–H and O–H groups in total. The van der Waals surface area contributed by atoms with Crippen LogP contribution in [0.1, 0.15) is 45.4 Å². The first-order chi connectivity index (χ1) is 7.84. The highest BCUT2D eigenvalue weighted by atomic mass is 14.1. The van der Waals surface area contributed by atoms with Gasteiger partial charge in [-0.2, -0.15) is 0 Å². The number of allylic oxidation sites excluding steroid dienone is 7. The second-order valence-electron chi connectivity index (χ2n) is 4.75. The van der Waals surface area contributed by atoms with Gasteiger partial charge in [0.1, 0.15) is 0 Å². The minimum atomic E-state index is 1.27. The maximum atomic E-state index is 3.22. The largest absolute Gasteiger partial charge is 0.120 e. The van der Waals surface area contributed by atoms with E-state index in [4.69, 9.17) is 0 Å². The van der Waals surface area contributed by atoms with Crippen LogP contribution in [0.5, 0.6) is 0 Å². The van der Waals surface area contributed by atoms with Gasteiger partial charge in [0.2, 0.25) is 0 Å². The fraction of sp³-hybridized carbons (Fsp3) is 0.438. The minimum Gasteiger partial charge on any atom is -0.120 e. The third-order valence-corrected chi connectivity index (χ3v) is 3.22. The summed E-state index contributed by atoms with van der Waals surface area (Å²) in [5.41, 5.74) is 7.41. The summed E-state index contributed by atoms with van der Waals surface area (Å²) < 4.78 is 0. The average molecular weight is 212 g/mol. The zero-order valence-electron chi connectivity index (χ0n) is 10.1. The minimum absolute atomic E-state index is 1.27. The Morgan fingerprint density at radius 3 is 2.50 bits per heavy atom. The van der Waals surface area contributed by atoms with E-state index < -0.39 is 0 Å². The third kappa shape index (κ3) is 3.40. The van der Waals surface area contributed by atoms with Gasteiger partial charge in [-0.15, -0.1) is 5.73 Å². The average Bonchev–Trinajstić information content (AvgIpc) is 2.63. The highest BCUT2D eigenvalue weighted by molar-refractivity contribution is 5.40. The molecule has 16 heavy (non-hydrogen) atoms. The molecule has 0 bridgehead atoms. The molecule has 2 rings (SSSR count). The molecule has 0 spiro atoms. The van der Waals surface area contributed by atoms with Gasteiger partial charge in [-0.1, -0.05) is 36.6 Å². The van der Waals surface area contributed by atoms with E-state index in [0.717, 1.165) is 0 Å². The molecule has 0 saturated heterocycles. The zero-order chi connectivity index (χ0) is 11.2. The molecule has 0 aliphatic heterocycles. The molecule has 0 aromatic rings. The summed E-state index contributed by atoms with van der Waals surface area (Å²) in [6.07, 6.45) is 19.0. The van der Waals surface area contributed by atoms with Crippen molar-refractivity contribution in [2.24, 2.45) is 0 Å². The van der Waals surface area contributed by atoms with Crippen molar-refractivity contribution in [2.75, 3.05) is 0 Å². The van der Waals surface area contributed by atoms with E-state index in [1.165, 1.54) is 49.7 Å². The smallest absolute Gasteiger partial charge is 0.0127 e. The summed E-state index contributed by atoms with van der Waals surface area (Å²) in [6, 6.07) is 0. The first-order valence-electron chi connectivity index (χ1n) is 6.35. The molecule has 0 unspecified atom stereocenters. The molecular weight excluding hydrogens is 192 g/mol. The van der Waals surface area contributed by atoms with Gasteiger partial charge in [-0.3, -0.25) is 0 Å². The lowest BCUT2D eigenvalue weighted by Gasteiger charge is -2.02. The molecular formula is C16H20. The second-order valence-corrected chi connectivity index (χ2v) is 4.75. The molecule has 0 atom stereocenters. The van der Waals surface area contributed by atoms with Gasteiger partial charge in [0, 0.05) is 0 Å². The van der Waals surface area contributed by atoms with E-state index in [-0.39, 0.29) is 0 Å². The topological polar surface area (TPSA) is 0 Å². The molecule has 0 heterocycles. The SMILES string of the molecule is CC1=CC=C(C=C2CCCCCC2)C=C=C1. The van der Waals surface area contributed by atoms with Crippen molar-refractivity contribution >= 4 is 0 Å². The van der Waals surface area contributed by atoms with E-state index in [9.17, 15) is 0 Å². The van der Waals surface area contributed by atoms with Gasteiger partial charge in [0.05, 0.1) is 0 Å². The van der Waals surface area contributed by atoms with Crippen molar-refractivity contribution in [3.05, 3.63) is 52.8 Å². The first-order valence-corrected chi connectivity index (χ1v) is 6.35. The fourth-order valence-corrected chi connectivity index (χ4v) is 2.25. The molecule has 0 aromatic carbocycles. The van der Waals surface area contributed by atoms with Gasteiger partial charge in [-0.05, 0) is 55.9 Å². The van der Waals surface area contributed by atoms with Crippen molar-refractivity contribution in [1.29, 1.82) is 0 Å². The Hall–Kier alpha value is -1.26. The van der Waals surface area contributed by atoms with Crippen molar-refractivity contribution in [1.82, 2.24) is 0 Å². The van der Waals surface area contributed by atoms with Gasteiger partial charge >= 0.3 is 0 Å². The molecule has 0 heteroatoms. The van der Waals surface area contributed by atoms with Crippen molar-refractivity contribution < 1.29 is 0 Å². The van der Waals surface area contributed by atoms with E-state index in [0.29, 0.717) is 0 Å². The quantitative estimate of drug-likeness (QED) is 0.430. The Labute approximate surface area is 98.8 Å². The lowest BCUT2D eigenvalue weighted by atomic mass is 10.0. The molecule has 0 nitrogen and oxygen atoms in total. The van der Waals surface area contributed by atoms with Crippen molar-refractivity contribution in [3.63, 3.8) is 0 Å². The molecule has 84 valence electrons. The second kappa shape index (κ2) is 5.72. The Kier molecular flexibility index (Phi) is 4.02. The van der Waals surface area contributed by atoms with Crippen LogP contribution in [0, 0.1) is 0 Å². The first kappa shape index (κ1) is 11.2. The van der Waals surface area contributed by atoms with Crippen molar-refractivity contribution in [2.45, 2.75) is 45.4 Å². The molecule has 0 radical (unpaired) electrons. The highest BCUT2D eigenvalue weighted by Crippen LogP contribution is 2.23. The van der Waals surface area contributed by atoms with Crippen LogP contribution >= 0.6 is 0 Å². The fourth-order valence-electron chi connectivity index (χ4n) is 2.25. The monoisotopic (exact) mass is 212 g/mol. The van der Waals surface area contributed by atoms with Gasteiger partial charge < -0.3 is 0 Å². The van der Waals surface area contributed by atoms with Crippen LogP contribution in [0.3, 0.4) is 0 Å². The van der Waals surface area contributed by atoms with Crippen LogP contribution in [-0.2, 0) is 0 Å². The maximum Gasteiger partial charge on any atom is -0.0127 e. The number of hydrogen-bond donors (Lipinski definition) is 0. The van der Waals surface area contributed by atoms with Crippen LogP contribution in [0.15, 0.2) is 52.8 Å². The van der Waals surface area contributed by atoms with Crippen LogP contribution in [0.2, 0.25) is 0 Å². The van der Waals surface area contributed by atoms with Gasteiger partial charge in [0.25, 0.3) is 0 Å². The predicted octanol–water partition coefficient (Wildman–Crippen LogP) is 4.86. The van der Waals surface area contributed by atoms with Crippen LogP contribution in [0.25, 0.3) is 0 Å². The molecule has 1 saturated carbocycles. The van der Waals surface area contributed by atoms with Crippen LogP contribution in [-0.4, -0.2) is 0 Å². The molecule has 0 amide bonds. The summed E-state index contributed by atoms with van der Waals surface area (Å²) in [6.45, 7) is 2.11. The zero-order valence-corrected chi connectivity index (χ0v) is 10.1. The van der Waals surface area contributed by atoms with E-state index >= 15 is 0 Å². The van der Waals surface area contributed by atoms with Crippen LogP contribution < -0.4 is 0 Å². The van der Waals surface area contributed by atoms with Gasteiger partial charge in [-0.25, -0.2) is 0 Å². The molecule has 1 fully saturated rings. The molecule has 0 aromatic heterocycles. The lowest BCUT2D eigenvalue weighted by Crippen LogP contribution is -1.82. The summed E-state index contributed by atoms with van der Waals surface area (Å²) >= 11 is 0. The number of hydrogen-bond acceptors (Lipinski definition) is 0. The Balaban J connectivity index is 2.13.